The summed E-state index contributed by atoms with van der Waals surface area (Å²) in [4.78, 5) is 11.7. The van der Waals surface area contributed by atoms with E-state index in [1.54, 1.807) is 28.6 Å². The van der Waals surface area contributed by atoms with E-state index < -0.39 is 28.7 Å². The van der Waals surface area contributed by atoms with E-state index in [4.69, 9.17) is 14.2 Å². The standard InChI is InChI=1S/C39H41NO7S/c1-25(2)34-21-30-23-40(48(43,44)33-13-10-29(11-14-33)28-8-6-5-7-9-28)17-16-36(30)47-39(34)35-22-31(12-15-37(35)45-24-38(41)42)46-32-19-26(3)18-27(4)20-32/h5-15,18-20,22,30,34,36,39H,1,16-17,21,23-24H2,2-4H3,(H,41,42)/t30-,34-,36+,39+/m1/s1. The van der Waals surface area contributed by atoms with Crippen molar-refractivity contribution in [2.45, 2.75) is 50.7 Å². The number of sulfonamides is 1. The normalized spacial score (nSPS) is 21.2. The lowest BCUT2D eigenvalue weighted by molar-refractivity contribution is -0.139. The molecule has 48 heavy (non-hydrogen) atoms. The van der Waals surface area contributed by atoms with E-state index >= 15 is 0 Å². The summed E-state index contributed by atoms with van der Waals surface area (Å²) in [5, 5.41) is 9.36. The number of aryl methyl sites for hydroxylation is 2. The van der Waals surface area contributed by atoms with Gasteiger partial charge in [-0.2, -0.15) is 4.31 Å². The fraction of sp³-hybridized carbons (Fsp3) is 0.308. The van der Waals surface area contributed by atoms with Gasteiger partial charge in [0, 0.05) is 24.6 Å². The fourth-order valence-corrected chi connectivity index (χ4v) is 8.41. The molecule has 4 aromatic rings. The van der Waals surface area contributed by atoms with Crippen molar-refractivity contribution < 1.29 is 32.5 Å². The quantitative estimate of drug-likeness (QED) is 0.171. The van der Waals surface area contributed by atoms with Crippen molar-refractivity contribution in [3.05, 3.63) is 120 Å². The molecule has 2 aliphatic rings. The van der Waals surface area contributed by atoms with Crippen LogP contribution in [0.25, 0.3) is 11.1 Å². The first-order valence-electron chi connectivity index (χ1n) is 16.2. The molecule has 0 spiro atoms. The first-order chi connectivity index (χ1) is 23.0. The Hall–Kier alpha value is -4.44. The van der Waals surface area contributed by atoms with E-state index in [2.05, 4.69) is 12.6 Å². The maximum Gasteiger partial charge on any atom is 0.341 e. The number of hydrogen-bond donors (Lipinski definition) is 1. The third-order valence-corrected chi connectivity index (χ3v) is 11.1. The van der Waals surface area contributed by atoms with Gasteiger partial charge in [0.15, 0.2) is 6.61 Å². The third-order valence-electron chi connectivity index (χ3n) is 9.17. The maximum atomic E-state index is 13.8. The molecular weight excluding hydrogens is 626 g/mol. The Labute approximate surface area is 282 Å². The molecule has 0 bridgehead atoms. The molecule has 4 aromatic carbocycles. The zero-order valence-electron chi connectivity index (χ0n) is 27.5. The highest BCUT2D eigenvalue weighted by atomic mass is 32.2. The van der Waals surface area contributed by atoms with Gasteiger partial charge < -0.3 is 19.3 Å². The van der Waals surface area contributed by atoms with Gasteiger partial charge in [0.1, 0.15) is 17.2 Å². The van der Waals surface area contributed by atoms with Gasteiger partial charge in [-0.05, 0) is 104 Å². The van der Waals surface area contributed by atoms with Gasteiger partial charge in [0.2, 0.25) is 10.0 Å². The lowest BCUT2D eigenvalue weighted by Crippen LogP contribution is -2.50. The van der Waals surface area contributed by atoms with Gasteiger partial charge in [0.05, 0.1) is 17.1 Å². The van der Waals surface area contributed by atoms with E-state index in [-0.39, 0.29) is 22.8 Å². The van der Waals surface area contributed by atoms with Crippen LogP contribution in [0.5, 0.6) is 17.2 Å². The number of nitrogens with zero attached hydrogens (tertiary/aromatic N) is 1. The van der Waals surface area contributed by atoms with Gasteiger partial charge in [-0.15, -0.1) is 0 Å². The Morgan fingerprint density at radius 3 is 2.29 bits per heavy atom. The minimum Gasteiger partial charge on any atom is -0.482 e. The van der Waals surface area contributed by atoms with Gasteiger partial charge in [-0.25, -0.2) is 13.2 Å². The lowest BCUT2D eigenvalue weighted by Gasteiger charge is -2.47. The summed E-state index contributed by atoms with van der Waals surface area (Å²) in [5.41, 5.74) is 5.71. The summed E-state index contributed by atoms with van der Waals surface area (Å²) in [6, 6.07) is 28.2. The molecule has 0 radical (unpaired) electrons. The number of aliphatic carboxylic acids is 1. The number of carboxylic acid groups (broad SMARTS) is 1. The second-order valence-electron chi connectivity index (χ2n) is 12.9. The number of rotatable bonds is 10. The van der Waals surface area contributed by atoms with Crippen molar-refractivity contribution in [2.24, 2.45) is 11.8 Å². The number of piperidine rings is 1. The van der Waals surface area contributed by atoms with Crippen LogP contribution in [0.4, 0.5) is 0 Å². The van der Waals surface area contributed by atoms with E-state index in [1.165, 1.54) is 0 Å². The van der Waals surface area contributed by atoms with Crippen LogP contribution in [-0.2, 0) is 19.6 Å². The molecular formula is C39H41NO7S. The van der Waals surface area contributed by atoms with Crippen molar-refractivity contribution in [3.8, 4) is 28.4 Å². The summed E-state index contributed by atoms with van der Waals surface area (Å²) in [5.74, 6) is 0.376. The molecule has 8 nitrogen and oxygen atoms in total. The third kappa shape index (κ3) is 7.33. The molecule has 2 saturated heterocycles. The van der Waals surface area contributed by atoms with Crippen LogP contribution in [0.15, 0.2) is 108 Å². The molecule has 2 heterocycles. The zero-order chi connectivity index (χ0) is 34.0. The van der Waals surface area contributed by atoms with Crippen LogP contribution in [0, 0.1) is 25.7 Å². The van der Waals surface area contributed by atoms with Gasteiger partial charge in [0.25, 0.3) is 0 Å². The lowest BCUT2D eigenvalue weighted by atomic mass is 9.76. The Morgan fingerprint density at radius 1 is 0.938 bits per heavy atom. The van der Waals surface area contributed by atoms with Crippen LogP contribution in [0.1, 0.15) is 42.6 Å². The second kappa shape index (κ2) is 14.0. The van der Waals surface area contributed by atoms with Crippen molar-refractivity contribution >= 4 is 16.0 Å². The van der Waals surface area contributed by atoms with Gasteiger partial charge in [-0.3, -0.25) is 0 Å². The highest BCUT2D eigenvalue weighted by molar-refractivity contribution is 7.89. The van der Waals surface area contributed by atoms with E-state index in [0.717, 1.165) is 27.8 Å². The largest absolute Gasteiger partial charge is 0.482 e. The summed E-state index contributed by atoms with van der Waals surface area (Å²) >= 11 is 0. The number of benzene rings is 4. The molecule has 4 atom stereocenters. The minimum atomic E-state index is -3.72. The fourth-order valence-electron chi connectivity index (χ4n) is 6.89. The summed E-state index contributed by atoms with van der Waals surface area (Å²) in [6.45, 7) is 10.4. The smallest absolute Gasteiger partial charge is 0.341 e. The maximum absolute atomic E-state index is 13.8. The Morgan fingerprint density at radius 2 is 1.62 bits per heavy atom. The van der Waals surface area contributed by atoms with E-state index in [1.807, 2.05) is 81.4 Å². The molecule has 6 rings (SSSR count). The molecule has 0 aliphatic carbocycles. The Bertz CT molecular complexity index is 1890. The van der Waals surface area contributed by atoms with Crippen LogP contribution in [0.2, 0.25) is 0 Å². The van der Waals surface area contributed by atoms with Crippen molar-refractivity contribution in [3.63, 3.8) is 0 Å². The molecule has 0 amide bonds. The second-order valence-corrected chi connectivity index (χ2v) is 14.8. The van der Waals surface area contributed by atoms with E-state index in [9.17, 15) is 18.3 Å². The van der Waals surface area contributed by atoms with E-state index in [0.29, 0.717) is 48.7 Å². The first-order valence-corrected chi connectivity index (χ1v) is 17.6. The molecule has 0 aromatic heterocycles. The van der Waals surface area contributed by atoms with Crippen molar-refractivity contribution in [1.29, 1.82) is 0 Å². The molecule has 1 N–H and O–H groups in total. The average Bonchev–Trinajstić information content (AvgIpc) is 3.06. The highest BCUT2D eigenvalue weighted by Crippen LogP contribution is 2.48. The number of fused-ring (bicyclic) bond motifs is 1. The van der Waals surface area contributed by atoms with Crippen LogP contribution in [0.3, 0.4) is 0 Å². The molecule has 2 fully saturated rings. The van der Waals surface area contributed by atoms with Crippen molar-refractivity contribution in [2.75, 3.05) is 19.7 Å². The number of hydrogen-bond acceptors (Lipinski definition) is 6. The highest BCUT2D eigenvalue weighted by Gasteiger charge is 2.45. The summed E-state index contributed by atoms with van der Waals surface area (Å²) in [7, 11) is -3.72. The molecule has 2 aliphatic heterocycles. The van der Waals surface area contributed by atoms with Crippen molar-refractivity contribution in [1.82, 2.24) is 4.31 Å². The first kappa shape index (κ1) is 33.5. The predicted molar refractivity (Wildman–Crippen MR) is 185 cm³/mol. The predicted octanol–water partition coefficient (Wildman–Crippen LogP) is 7.96. The summed E-state index contributed by atoms with van der Waals surface area (Å²) in [6.07, 6.45) is 0.498. The Balaban J connectivity index is 1.24. The number of carboxylic acids is 1. The van der Waals surface area contributed by atoms with Gasteiger partial charge in [-0.1, -0.05) is 60.7 Å². The van der Waals surface area contributed by atoms with Crippen LogP contribution in [-0.4, -0.2) is 49.6 Å². The van der Waals surface area contributed by atoms with Crippen LogP contribution >= 0.6 is 0 Å². The molecule has 9 heteroatoms. The molecule has 0 saturated carbocycles. The minimum absolute atomic E-state index is 0.0480. The SMILES string of the molecule is C=C(C)[C@H]1C[C@@H]2CN(S(=O)(=O)c3ccc(-c4ccccc4)cc3)CC[C@@H]2O[C@@H]1c1cc(Oc2cc(C)cc(C)c2)ccc1OCC(=O)O. The zero-order valence-corrected chi connectivity index (χ0v) is 28.3. The Kier molecular flexibility index (Phi) is 9.73. The molecule has 250 valence electrons. The number of carbonyl (C=O) groups is 1. The monoisotopic (exact) mass is 667 g/mol. The topological polar surface area (TPSA) is 102 Å². The van der Waals surface area contributed by atoms with Gasteiger partial charge >= 0.3 is 5.97 Å². The molecule has 0 unspecified atom stereocenters. The number of ether oxygens (including phenoxy) is 3. The van der Waals surface area contributed by atoms with Crippen LogP contribution < -0.4 is 9.47 Å². The average molecular weight is 668 g/mol. The summed E-state index contributed by atoms with van der Waals surface area (Å²) < 4.78 is 48.0.